The predicted molar refractivity (Wildman–Crippen MR) is 93.9 cm³/mol. The highest BCUT2D eigenvalue weighted by molar-refractivity contribution is 5.97. The molecule has 0 unspecified atom stereocenters. The van der Waals surface area contributed by atoms with E-state index in [1.165, 1.54) is 0 Å². The molecule has 1 aromatic heterocycles. The lowest BCUT2D eigenvalue weighted by Gasteiger charge is -2.19. The number of alkyl halides is 2. The zero-order chi connectivity index (χ0) is 19.6. The first-order valence-electron chi connectivity index (χ1n) is 8.37. The lowest BCUT2D eigenvalue weighted by molar-refractivity contribution is -0.131. The number of amides is 2. The molecular weight excluding hydrogens is 354 g/mol. The van der Waals surface area contributed by atoms with Crippen molar-refractivity contribution in [2.24, 2.45) is 7.05 Å². The van der Waals surface area contributed by atoms with Gasteiger partial charge in [0.1, 0.15) is 6.04 Å². The molecule has 2 amide bonds. The molecule has 1 aromatic carbocycles. The van der Waals surface area contributed by atoms with Crippen LogP contribution < -0.4 is 5.32 Å². The lowest BCUT2D eigenvalue weighted by Crippen LogP contribution is -2.42. The van der Waals surface area contributed by atoms with E-state index in [9.17, 15) is 18.4 Å². The van der Waals surface area contributed by atoms with Crippen LogP contribution in [-0.4, -0.2) is 46.3 Å². The number of rotatable bonds is 4. The summed E-state index contributed by atoms with van der Waals surface area (Å²) in [6, 6.07) is 11.7. The fraction of sp³-hybridized carbons (Fsp3) is 0.316. The van der Waals surface area contributed by atoms with Crippen LogP contribution in [0, 0.1) is 11.3 Å². The first kappa shape index (κ1) is 18.6. The molecule has 0 saturated carbocycles. The molecule has 8 heteroatoms. The van der Waals surface area contributed by atoms with Crippen molar-refractivity contribution in [3.8, 4) is 17.3 Å². The van der Waals surface area contributed by atoms with Crippen LogP contribution in [0.2, 0.25) is 0 Å². The number of carbonyl (C=O) groups is 2. The molecule has 6 nitrogen and oxygen atoms in total. The van der Waals surface area contributed by atoms with Crippen LogP contribution in [0.3, 0.4) is 0 Å². The Morgan fingerprint density at radius 3 is 2.70 bits per heavy atom. The van der Waals surface area contributed by atoms with Crippen molar-refractivity contribution in [3.05, 3.63) is 48.2 Å². The van der Waals surface area contributed by atoms with Gasteiger partial charge in [0.15, 0.2) is 0 Å². The number of nitriles is 1. The van der Waals surface area contributed by atoms with Crippen LogP contribution in [0.1, 0.15) is 16.8 Å². The monoisotopic (exact) mass is 372 g/mol. The van der Waals surface area contributed by atoms with Crippen molar-refractivity contribution < 1.29 is 18.4 Å². The number of nitrogens with one attached hydrogen (secondary N) is 1. The third-order valence-corrected chi connectivity index (χ3v) is 4.48. The summed E-state index contributed by atoms with van der Waals surface area (Å²) in [7, 11) is 1.80. The van der Waals surface area contributed by atoms with Gasteiger partial charge in [-0.1, -0.05) is 30.3 Å². The number of hydrogen-bond acceptors (Lipinski definition) is 3. The summed E-state index contributed by atoms with van der Waals surface area (Å²) in [5.41, 5.74) is 2.12. The van der Waals surface area contributed by atoms with Crippen LogP contribution in [0.4, 0.5) is 8.78 Å². The Hall–Kier alpha value is -3.21. The predicted octanol–water partition coefficient (Wildman–Crippen LogP) is 2.18. The minimum Gasteiger partial charge on any atom is -0.350 e. The van der Waals surface area contributed by atoms with Crippen LogP contribution in [0.25, 0.3) is 11.3 Å². The second-order valence-electron chi connectivity index (χ2n) is 6.50. The Labute approximate surface area is 155 Å². The van der Waals surface area contributed by atoms with Gasteiger partial charge >= 0.3 is 0 Å². The summed E-state index contributed by atoms with van der Waals surface area (Å²) in [4.78, 5) is 25.3. The van der Waals surface area contributed by atoms with E-state index < -0.39 is 43.3 Å². The minimum absolute atomic E-state index is 0.354. The molecule has 0 spiro atoms. The highest BCUT2D eigenvalue weighted by Crippen LogP contribution is 2.31. The van der Waals surface area contributed by atoms with Gasteiger partial charge in [0.2, 0.25) is 5.91 Å². The van der Waals surface area contributed by atoms with Gasteiger partial charge in [0.05, 0.1) is 24.7 Å². The summed E-state index contributed by atoms with van der Waals surface area (Å²) >= 11 is 0. The van der Waals surface area contributed by atoms with Crippen molar-refractivity contribution in [2.45, 2.75) is 18.4 Å². The van der Waals surface area contributed by atoms with Crippen LogP contribution >= 0.6 is 0 Å². The number of likely N-dealkylation sites (tertiary alicyclic amines) is 1. The van der Waals surface area contributed by atoms with Gasteiger partial charge in [-0.05, 0) is 11.6 Å². The van der Waals surface area contributed by atoms with Gasteiger partial charge in [-0.2, -0.15) is 5.26 Å². The molecule has 1 atom stereocenters. The largest absolute Gasteiger partial charge is 0.350 e. The molecule has 2 heterocycles. The van der Waals surface area contributed by atoms with E-state index in [4.69, 9.17) is 5.26 Å². The van der Waals surface area contributed by atoms with Crippen molar-refractivity contribution in [2.75, 3.05) is 13.1 Å². The topological polar surface area (TPSA) is 78.1 Å². The highest BCUT2D eigenvalue weighted by Gasteiger charge is 2.47. The fourth-order valence-electron chi connectivity index (χ4n) is 3.14. The van der Waals surface area contributed by atoms with Crippen molar-refractivity contribution >= 4 is 11.8 Å². The fourth-order valence-corrected chi connectivity index (χ4v) is 3.14. The molecule has 2 aromatic rings. The Kier molecular flexibility index (Phi) is 4.95. The van der Waals surface area contributed by atoms with Gasteiger partial charge in [-0.3, -0.25) is 9.59 Å². The molecule has 1 fully saturated rings. The summed E-state index contributed by atoms with van der Waals surface area (Å²) in [5, 5.41) is 11.4. The first-order valence-corrected chi connectivity index (χ1v) is 8.37. The molecule has 140 valence electrons. The Bertz CT molecular complexity index is 902. The van der Waals surface area contributed by atoms with Gasteiger partial charge < -0.3 is 14.8 Å². The minimum atomic E-state index is -3.08. The zero-order valence-electron chi connectivity index (χ0n) is 14.7. The lowest BCUT2D eigenvalue weighted by atomic mass is 10.1. The number of aromatic nitrogens is 1. The summed E-state index contributed by atoms with van der Waals surface area (Å²) in [6.45, 7) is -1.24. The van der Waals surface area contributed by atoms with E-state index >= 15 is 0 Å². The van der Waals surface area contributed by atoms with Crippen LogP contribution in [0.15, 0.2) is 42.6 Å². The molecule has 1 aliphatic heterocycles. The third-order valence-electron chi connectivity index (χ3n) is 4.48. The summed E-state index contributed by atoms with van der Waals surface area (Å²) in [5.74, 6) is -4.27. The second-order valence-corrected chi connectivity index (χ2v) is 6.50. The average Bonchev–Trinajstić information content (AvgIpc) is 3.19. The van der Waals surface area contributed by atoms with Crippen molar-refractivity contribution in [3.63, 3.8) is 0 Å². The average molecular weight is 372 g/mol. The number of benzene rings is 1. The van der Waals surface area contributed by atoms with E-state index in [1.54, 1.807) is 29.9 Å². The van der Waals surface area contributed by atoms with E-state index in [0.717, 1.165) is 16.2 Å². The third kappa shape index (κ3) is 3.97. The van der Waals surface area contributed by atoms with Gasteiger partial charge in [0, 0.05) is 25.4 Å². The summed E-state index contributed by atoms with van der Waals surface area (Å²) < 4.78 is 28.6. The maximum Gasteiger partial charge on any atom is 0.268 e. The number of carbonyl (C=O) groups excluding carboxylic acids is 2. The molecule has 1 N–H and O–H groups in total. The van der Waals surface area contributed by atoms with E-state index in [1.807, 2.05) is 30.3 Å². The quantitative estimate of drug-likeness (QED) is 0.894. The van der Waals surface area contributed by atoms with E-state index in [2.05, 4.69) is 5.32 Å². The van der Waals surface area contributed by atoms with Crippen LogP contribution in [-0.2, 0) is 11.8 Å². The van der Waals surface area contributed by atoms with Gasteiger partial charge in [-0.15, -0.1) is 0 Å². The molecule has 3 rings (SSSR count). The molecule has 1 saturated heterocycles. The molecular formula is C19H18F2N4O2. The smallest absolute Gasteiger partial charge is 0.268 e. The summed E-state index contributed by atoms with van der Waals surface area (Å²) in [6.07, 6.45) is 0.951. The number of aryl methyl sites for hydroxylation is 1. The molecule has 0 aliphatic carbocycles. The van der Waals surface area contributed by atoms with Gasteiger partial charge in [0.25, 0.3) is 11.8 Å². The SMILES string of the molecule is Cn1cc(C(=O)NCC(=O)N2CC(F)(F)C[C@H]2C#N)cc1-c1ccccc1. The Morgan fingerprint density at radius 1 is 1.33 bits per heavy atom. The van der Waals surface area contributed by atoms with E-state index in [-0.39, 0.29) is 0 Å². The van der Waals surface area contributed by atoms with Gasteiger partial charge in [-0.25, -0.2) is 8.78 Å². The standard InChI is InChI=1S/C19H18F2N4O2/c1-24-11-14(7-16(24)13-5-3-2-4-6-13)18(27)23-10-17(26)25-12-19(20,21)8-15(25)9-22/h2-7,11,15H,8,10,12H2,1H3,(H,23,27)/t15-/m0/s1. The first-order chi connectivity index (χ1) is 12.8. The van der Waals surface area contributed by atoms with Crippen molar-refractivity contribution in [1.29, 1.82) is 5.26 Å². The van der Waals surface area contributed by atoms with Crippen LogP contribution in [0.5, 0.6) is 0 Å². The maximum atomic E-state index is 13.4. The Balaban J connectivity index is 1.65. The number of nitrogens with zero attached hydrogens (tertiary/aromatic N) is 3. The Morgan fingerprint density at radius 2 is 2.04 bits per heavy atom. The van der Waals surface area contributed by atoms with Crippen molar-refractivity contribution in [1.82, 2.24) is 14.8 Å². The highest BCUT2D eigenvalue weighted by atomic mass is 19.3. The maximum absolute atomic E-state index is 13.4. The molecule has 0 radical (unpaired) electrons. The molecule has 0 bridgehead atoms. The molecule has 1 aliphatic rings. The number of halogens is 2. The normalized spacial score (nSPS) is 18.1. The number of hydrogen-bond donors (Lipinski definition) is 1. The van der Waals surface area contributed by atoms with E-state index in [0.29, 0.717) is 5.56 Å². The second kappa shape index (κ2) is 7.19. The zero-order valence-corrected chi connectivity index (χ0v) is 14.7. The molecule has 27 heavy (non-hydrogen) atoms.